The lowest BCUT2D eigenvalue weighted by atomic mass is 10.1. The number of amides is 1. The number of aryl methyl sites for hydroxylation is 1. The van der Waals surface area contributed by atoms with Crippen molar-refractivity contribution in [2.75, 3.05) is 5.75 Å². The lowest BCUT2D eigenvalue weighted by Gasteiger charge is -2.12. The van der Waals surface area contributed by atoms with Crippen LogP contribution in [0.15, 0.2) is 41.2 Å². The highest BCUT2D eigenvalue weighted by Gasteiger charge is 2.27. The van der Waals surface area contributed by atoms with E-state index < -0.39 is 0 Å². The van der Waals surface area contributed by atoms with Crippen molar-refractivity contribution in [1.82, 2.24) is 14.9 Å². The van der Waals surface area contributed by atoms with E-state index in [0.717, 1.165) is 32.0 Å². The Hall–Kier alpha value is -1.37. The molecule has 1 aliphatic rings. The van der Waals surface area contributed by atoms with Crippen LogP contribution in [0, 0.1) is 6.92 Å². The zero-order valence-electron chi connectivity index (χ0n) is 11.8. The predicted octanol–water partition coefficient (Wildman–Crippen LogP) is 3.90. The highest BCUT2D eigenvalue weighted by Crippen LogP contribution is 2.52. The van der Waals surface area contributed by atoms with E-state index in [4.69, 9.17) is 11.6 Å². The summed E-state index contributed by atoms with van der Waals surface area (Å²) in [6.45, 7) is 2.03. The molecule has 3 rings (SSSR count). The first-order chi connectivity index (χ1) is 10.7. The van der Waals surface area contributed by atoms with Gasteiger partial charge < -0.3 is 5.32 Å². The average Bonchev–Trinajstić information content (AvgIpc) is 3.16. The van der Waals surface area contributed by atoms with Gasteiger partial charge in [0, 0.05) is 28.4 Å². The standard InChI is InChI=1S/C15H14ClN3OS2/c1-10-2-3-11(12(16)6-10)13-7-21-15(22-13)14(18-9-20)19-5-4-17-8-19/h2-6,8-9,13H,7H2,1H3,(H,18,20)/b15-14+. The number of aromatic nitrogens is 2. The Labute approximate surface area is 142 Å². The number of nitrogens with one attached hydrogen (secondary N) is 1. The molecule has 0 saturated carbocycles. The largest absolute Gasteiger partial charge is 0.313 e. The van der Waals surface area contributed by atoms with Crippen LogP contribution in [-0.2, 0) is 4.79 Å². The monoisotopic (exact) mass is 351 g/mol. The molecule has 1 aromatic carbocycles. The SMILES string of the molecule is Cc1ccc(C2CS/C(=C(/NC=O)n3ccnc3)S2)c(Cl)c1. The second-order valence-electron chi connectivity index (χ2n) is 4.81. The van der Waals surface area contributed by atoms with Crippen molar-refractivity contribution in [2.45, 2.75) is 12.2 Å². The van der Waals surface area contributed by atoms with Crippen molar-refractivity contribution in [3.05, 3.63) is 57.3 Å². The van der Waals surface area contributed by atoms with Gasteiger partial charge in [0.15, 0.2) is 0 Å². The van der Waals surface area contributed by atoms with Gasteiger partial charge >= 0.3 is 0 Å². The van der Waals surface area contributed by atoms with Crippen LogP contribution >= 0.6 is 35.1 Å². The van der Waals surface area contributed by atoms with Gasteiger partial charge in [0.25, 0.3) is 0 Å². The second-order valence-corrected chi connectivity index (χ2v) is 7.72. The molecule has 0 aliphatic carbocycles. The van der Waals surface area contributed by atoms with E-state index in [9.17, 15) is 4.79 Å². The number of halogens is 1. The fraction of sp³-hybridized carbons (Fsp3) is 0.200. The Bertz CT molecular complexity index is 716. The fourth-order valence-corrected chi connectivity index (χ4v) is 5.59. The number of nitrogens with zero attached hydrogens (tertiary/aromatic N) is 2. The van der Waals surface area contributed by atoms with Crippen LogP contribution in [0.4, 0.5) is 0 Å². The number of thioether (sulfide) groups is 2. The van der Waals surface area contributed by atoms with E-state index in [0.29, 0.717) is 6.41 Å². The third-order valence-electron chi connectivity index (χ3n) is 3.27. The zero-order chi connectivity index (χ0) is 15.5. The van der Waals surface area contributed by atoms with E-state index >= 15 is 0 Å². The first kappa shape index (κ1) is 15.5. The Kier molecular flexibility index (Phi) is 4.81. The van der Waals surface area contributed by atoms with Crippen LogP contribution in [0.2, 0.25) is 5.02 Å². The molecule has 4 nitrogen and oxygen atoms in total. The van der Waals surface area contributed by atoms with E-state index in [1.165, 1.54) is 0 Å². The van der Waals surface area contributed by atoms with Crippen LogP contribution < -0.4 is 5.32 Å². The molecular formula is C15H14ClN3OS2. The molecule has 2 heterocycles. The lowest BCUT2D eigenvalue weighted by molar-refractivity contribution is -0.108. The molecule has 1 aromatic heterocycles. The average molecular weight is 352 g/mol. The summed E-state index contributed by atoms with van der Waals surface area (Å²) in [5.74, 6) is 1.66. The van der Waals surface area contributed by atoms with Crippen molar-refractivity contribution in [3.63, 3.8) is 0 Å². The van der Waals surface area contributed by atoms with E-state index in [-0.39, 0.29) is 5.25 Å². The summed E-state index contributed by atoms with van der Waals surface area (Å²) >= 11 is 9.81. The maximum absolute atomic E-state index is 10.9. The van der Waals surface area contributed by atoms with Crippen molar-refractivity contribution in [2.24, 2.45) is 0 Å². The third-order valence-corrected chi connectivity index (χ3v) is 6.52. The number of rotatable bonds is 4. The van der Waals surface area contributed by atoms with Gasteiger partial charge in [-0.15, -0.1) is 23.5 Å². The smallest absolute Gasteiger partial charge is 0.212 e. The first-order valence-electron chi connectivity index (χ1n) is 6.67. The van der Waals surface area contributed by atoms with Gasteiger partial charge in [-0.3, -0.25) is 9.36 Å². The minimum Gasteiger partial charge on any atom is -0.313 e. The topological polar surface area (TPSA) is 46.9 Å². The number of benzene rings is 1. The van der Waals surface area contributed by atoms with Gasteiger partial charge in [-0.2, -0.15) is 0 Å². The first-order valence-corrected chi connectivity index (χ1v) is 8.91. The van der Waals surface area contributed by atoms with Crippen LogP contribution in [0.3, 0.4) is 0 Å². The van der Waals surface area contributed by atoms with Gasteiger partial charge in [0.1, 0.15) is 12.1 Å². The number of imidazole rings is 1. The summed E-state index contributed by atoms with van der Waals surface area (Å²) in [5.41, 5.74) is 2.29. The molecule has 1 atom stereocenters. The summed E-state index contributed by atoms with van der Waals surface area (Å²) < 4.78 is 2.87. The van der Waals surface area contributed by atoms with Crippen LogP contribution in [-0.4, -0.2) is 21.7 Å². The summed E-state index contributed by atoms with van der Waals surface area (Å²) in [5, 5.41) is 3.85. The third kappa shape index (κ3) is 3.19. The van der Waals surface area contributed by atoms with Gasteiger partial charge in [0.2, 0.25) is 6.41 Å². The molecule has 1 unspecified atom stereocenters. The minimum absolute atomic E-state index is 0.278. The summed E-state index contributed by atoms with van der Waals surface area (Å²) in [6, 6.07) is 6.15. The van der Waals surface area contributed by atoms with Crippen molar-refractivity contribution in [1.29, 1.82) is 0 Å². The summed E-state index contributed by atoms with van der Waals surface area (Å²) in [7, 11) is 0. The molecule has 0 bridgehead atoms. The molecule has 7 heteroatoms. The molecule has 114 valence electrons. The number of hydrogen-bond donors (Lipinski definition) is 1. The highest BCUT2D eigenvalue weighted by atomic mass is 35.5. The summed E-state index contributed by atoms with van der Waals surface area (Å²) in [6.07, 6.45) is 5.86. The minimum atomic E-state index is 0.278. The number of hydrogen-bond acceptors (Lipinski definition) is 4. The fourth-order valence-electron chi connectivity index (χ4n) is 2.21. The molecule has 1 fully saturated rings. The van der Waals surface area contributed by atoms with Crippen molar-refractivity contribution >= 4 is 47.4 Å². The molecule has 22 heavy (non-hydrogen) atoms. The lowest BCUT2D eigenvalue weighted by Crippen LogP contribution is -2.15. The van der Waals surface area contributed by atoms with Gasteiger partial charge in [0.05, 0.1) is 4.24 Å². The number of carbonyl (C=O) groups excluding carboxylic acids is 1. The van der Waals surface area contributed by atoms with Crippen molar-refractivity contribution in [3.8, 4) is 0 Å². The molecule has 1 aliphatic heterocycles. The van der Waals surface area contributed by atoms with Gasteiger partial charge in [-0.1, -0.05) is 23.7 Å². The maximum atomic E-state index is 10.9. The van der Waals surface area contributed by atoms with Crippen LogP contribution in [0.5, 0.6) is 0 Å². The van der Waals surface area contributed by atoms with E-state index in [1.807, 2.05) is 23.8 Å². The molecule has 2 aromatic rings. The van der Waals surface area contributed by atoms with Gasteiger partial charge in [-0.25, -0.2) is 4.98 Å². The Morgan fingerprint density at radius 3 is 3.09 bits per heavy atom. The van der Waals surface area contributed by atoms with E-state index in [2.05, 4.69) is 22.4 Å². The predicted molar refractivity (Wildman–Crippen MR) is 93.6 cm³/mol. The Morgan fingerprint density at radius 2 is 2.41 bits per heavy atom. The van der Waals surface area contributed by atoms with Crippen molar-refractivity contribution < 1.29 is 4.79 Å². The molecular weight excluding hydrogens is 338 g/mol. The quantitative estimate of drug-likeness (QED) is 0.849. The second kappa shape index (κ2) is 6.81. The maximum Gasteiger partial charge on any atom is 0.212 e. The Balaban J connectivity index is 1.89. The Morgan fingerprint density at radius 1 is 1.55 bits per heavy atom. The van der Waals surface area contributed by atoms with Gasteiger partial charge in [-0.05, 0) is 24.1 Å². The van der Waals surface area contributed by atoms with E-state index in [1.54, 1.807) is 36.0 Å². The molecule has 0 radical (unpaired) electrons. The van der Waals surface area contributed by atoms with Crippen LogP contribution in [0.25, 0.3) is 5.82 Å². The normalized spacial score (nSPS) is 20.0. The van der Waals surface area contributed by atoms with Crippen LogP contribution in [0.1, 0.15) is 16.4 Å². The number of carbonyl (C=O) groups is 1. The molecule has 1 N–H and O–H groups in total. The molecule has 1 saturated heterocycles. The molecule has 0 spiro atoms. The highest BCUT2D eigenvalue weighted by molar-refractivity contribution is 8.25. The zero-order valence-corrected chi connectivity index (χ0v) is 14.2. The molecule has 1 amide bonds. The summed E-state index contributed by atoms with van der Waals surface area (Å²) in [4.78, 5) is 14.9.